The zero-order valence-electron chi connectivity index (χ0n) is 9.58. The maximum atomic E-state index is 13.6. The molecule has 4 heteroatoms. The average molecular weight is 265 g/mol. The second-order valence-electron chi connectivity index (χ2n) is 3.95. The van der Waals surface area contributed by atoms with Crippen molar-refractivity contribution in [1.29, 1.82) is 0 Å². The molecule has 0 fully saturated rings. The summed E-state index contributed by atoms with van der Waals surface area (Å²) >= 11 is 5.92. The molecule has 0 radical (unpaired) electrons. The lowest BCUT2D eigenvalue weighted by molar-refractivity contribution is 0.0697. The van der Waals surface area contributed by atoms with Gasteiger partial charge in [0, 0.05) is 10.6 Å². The van der Waals surface area contributed by atoms with Crippen LogP contribution in [-0.2, 0) is 0 Å². The van der Waals surface area contributed by atoms with Crippen molar-refractivity contribution in [3.63, 3.8) is 0 Å². The van der Waals surface area contributed by atoms with E-state index in [0.29, 0.717) is 16.1 Å². The highest BCUT2D eigenvalue weighted by Gasteiger charge is 2.08. The molecule has 0 aliphatic carbocycles. The predicted molar refractivity (Wildman–Crippen MR) is 68.5 cm³/mol. The first-order chi connectivity index (χ1) is 8.49. The second-order valence-corrected chi connectivity index (χ2v) is 4.35. The van der Waals surface area contributed by atoms with Crippen LogP contribution in [0.15, 0.2) is 36.4 Å². The summed E-state index contributed by atoms with van der Waals surface area (Å²) in [6.07, 6.45) is 0. The molecule has 0 aromatic heterocycles. The maximum absolute atomic E-state index is 13.6. The monoisotopic (exact) mass is 264 g/mol. The zero-order valence-corrected chi connectivity index (χ0v) is 10.3. The summed E-state index contributed by atoms with van der Waals surface area (Å²) < 4.78 is 13.6. The highest BCUT2D eigenvalue weighted by atomic mass is 35.5. The topological polar surface area (TPSA) is 37.3 Å². The van der Waals surface area contributed by atoms with Crippen LogP contribution in [0.5, 0.6) is 0 Å². The first-order valence-electron chi connectivity index (χ1n) is 5.28. The van der Waals surface area contributed by atoms with Crippen molar-refractivity contribution in [2.45, 2.75) is 6.92 Å². The van der Waals surface area contributed by atoms with Crippen LogP contribution in [0.4, 0.5) is 4.39 Å². The van der Waals surface area contributed by atoms with Crippen LogP contribution in [-0.4, -0.2) is 11.1 Å². The molecule has 0 atom stereocenters. The van der Waals surface area contributed by atoms with Gasteiger partial charge in [0.1, 0.15) is 5.82 Å². The van der Waals surface area contributed by atoms with Crippen molar-refractivity contribution in [2.24, 2.45) is 0 Å². The number of rotatable bonds is 2. The van der Waals surface area contributed by atoms with Crippen LogP contribution < -0.4 is 0 Å². The SMILES string of the molecule is Cc1c(F)cc(-c2ccc(C(=O)O)cc2)cc1Cl. The fourth-order valence-electron chi connectivity index (χ4n) is 1.62. The molecule has 0 saturated heterocycles. The van der Waals surface area contributed by atoms with E-state index in [4.69, 9.17) is 16.7 Å². The number of halogens is 2. The van der Waals surface area contributed by atoms with Gasteiger partial charge in [-0.05, 0) is 42.3 Å². The normalized spacial score (nSPS) is 10.4. The van der Waals surface area contributed by atoms with Crippen LogP contribution in [0.2, 0.25) is 5.02 Å². The van der Waals surface area contributed by atoms with E-state index in [1.807, 2.05) is 0 Å². The molecule has 0 heterocycles. The summed E-state index contributed by atoms with van der Waals surface area (Å²) in [5, 5.41) is 9.14. The van der Waals surface area contributed by atoms with E-state index in [1.54, 1.807) is 25.1 Å². The molecule has 2 aromatic rings. The number of aromatic carboxylic acids is 1. The predicted octanol–water partition coefficient (Wildman–Crippen LogP) is 4.15. The summed E-state index contributed by atoms with van der Waals surface area (Å²) in [6.45, 7) is 1.61. The minimum atomic E-state index is -0.991. The van der Waals surface area contributed by atoms with Gasteiger partial charge >= 0.3 is 5.97 Å². The van der Waals surface area contributed by atoms with E-state index in [2.05, 4.69) is 0 Å². The van der Waals surface area contributed by atoms with Crippen LogP contribution in [0, 0.1) is 12.7 Å². The molecule has 2 rings (SSSR count). The molecule has 0 saturated carbocycles. The molecular weight excluding hydrogens is 255 g/mol. The van der Waals surface area contributed by atoms with Gasteiger partial charge in [0.2, 0.25) is 0 Å². The Hall–Kier alpha value is -1.87. The van der Waals surface area contributed by atoms with Gasteiger partial charge in [-0.2, -0.15) is 0 Å². The smallest absolute Gasteiger partial charge is 0.335 e. The number of benzene rings is 2. The van der Waals surface area contributed by atoms with Gasteiger partial charge in [0.05, 0.1) is 5.56 Å². The summed E-state index contributed by atoms with van der Waals surface area (Å²) in [7, 11) is 0. The number of carbonyl (C=O) groups is 1. The molecule has 0 unspecified atom stereocenters. The Morgan fingerprint density at radius 3 is 2.28 bits per heavy atom. The zero-order chi connectivity index (χ0) is 13.3. The van der Waals surface area contributed by atoms with E-state index in [-0.39, 0.29) is 11.4 Å². The summed E-state index contributed by atoms with van der Waals surface area (Å²) in [6, 6.07) is 9.26. The molecular formula is C14H10ClFO2. The molecule has 0 spiro atoms. The van der Waals surface area contributed by atoms with E-state index < -0.39 is 5.97 Å². The van der Waals surface area contributed by atoms with Crippen LogP contribution in [0.3, 0.4) is 0 Å². The third-order valence-corrected chi connectivity index (χ3v) is 3.14. The van der Waals surface area contributed by atoms with Crippen molar-refractivity contribution in [1.82, 2.24) is 0 Å². The number of hydrogen-bond acceptors (Lipinski definition) is 1. The van der Waals surface area contributed by atoms with Gasteiger partial charge in [0.25, 0.3) is 0 Å². The lowest BCUT2D eigenvalue weighted by Gasteiger charge is -2.06. The standard InChI is InChI=1S/C14H10ClFO2/c1-8-12(15)6-11(7-13(8)16)9-2-4-10(5-3-9)14(17)18/h2-7H,1H3,(H,17,18). The molecule has 0 aliphatic heterocycles. The summed E-state index contributed by atoms with van der Waals surface area (Å²) in [4.78, 5) is 10.7. The summed E-state index contributed by atoms with van der Waals surface area (Å²) in [5.74, 6) is -1.37. The van der Waals surface area contributed by atoms with Crippen molar-refractivity contribution >= 4 is 17.6 Å². The first kappa shape index (κ1) is 12.6. The number of carboxylic acid groups (broad SMARTS) is 1. The van der Waals surface area contributed by atoms with E-state index >= 15 is 0 Å². The fourth-order valence-corrected chi connectivity index (χ4v) is 1.83. The number of hydrogen-bond donors (Lipinski definition) is 1. The van der Waals surface area contributed by atoms with Gasteiger partial charge in [-0.25, -0.2) is 9.18 Å². The van der Waals surface area contributed by atoms with Crippen molar-refractivity contribution in [2.75, 3.05) is 0 Å². The molecule has 0 aliphatic rings. The van der Waals surface area contributed by atoms with Crippen LogP contribution in [0.25, 0.3) is 11.1 Å². The maximum Gasteiger partial charge on any atom is 0.335 e. The minimum absolute atomic E-state index is 0.192. The van der Waals surface area contributed by atoms with Crippen LogP contribution >= 0.6 is 11.6 Å². The Morgan fingerprint density at radius 2 is 1.78 bits per heavy atom. The molecule has 18 heavy (non-hydrogen) atoms. The molecule has 2 nitrogen and oxygen atoms in total. The van der Waals surface area contributed by atoms with Crippen molar-refractivity contribution in [3.8, 4) is 11.1 Å². The largest absolute Gasteiger partial charge is 0.478 e. The molecule has 92 valence electrons. The molecule has 2 aromatic carbocycles. The van der Waals surface area contributed by atoms with E-state index in [0.717, 1.165) is 5.56 Å². The highest BCUT2D eigenvalue weighted by Crippen LogP contribution is 2.27. The quantitative estimate of drug-likeness (QED) is 0.885. The van der Waals surface area contributed by atoms with Crippen molar-refractivity contribution in [3.05, 3.63) is 58.4 Å². The average Bonchev–Trinajstić information content (AvgIpc) is 2.35. The van der Waals surface area contributed by atoms with Crippen molar-refractivity contribution < 1.29 is 14.3 Å². The Labute approximate surface area is 109 Å². The lowest BCUT2D eigenvalue weighted by atomic mass is 10.0. The van der Waals surface area contributed by atoms with Crippen LogP contribution in [0.1, 0.15) is 15.9 Å². The third kappa shape index (κ3) is 2.36. The Morgan fingerprint density at radius 1 is 1.17 bits per heavy atom. The van der Waals surface area contributed by atoms with Gasteiger partial charge in [-0.3, -0.25) is 0 Å². The van der Waals surface area contributed by atoms with Gasteiger partial charge in [0.15, 0.2) is 0 Å². The molecule has 0 bridgehead atoms. The summed E-state index contributed by atoms with van der Waals surface area (Å²) in [5.41, 5.74) is 1.95. The van der Waals surface area contributed by atoms with Gasteiger partial charge in [-0.1, -0.05) is 23.7 Å². The Balaban J connectivity index is 2.46. The fraction of sp³-hybridized carbons (Fsp3) is 0.0714. The highest BCUT2D eigenvalue weighted by molar-refractivity contribution is 6.31. The first-order valence-corrected chi connectivity index (χ1v) is 5.66. The minimum Gasteiger partial charge on any atom is -0.478 e. The number of carboxylic acids is 1. The Bertz CT molecular complexity index is 583. The molecule has 1 N–H and O–H groups in total. The Kier molecular flexibility index (Phi) is 3.34. The van der Waals surface area contributed by atoms with Gasteiger partial charge < -0.3 is 5.11 Å². The molecule has 0 amide bonds. The van der Waals surface area contributed by atoms with Gasteiger partial charge in [-0.15, -0.1) is 0 Å². The van der Waals surface area contributed by atoms with E-state index in [1.165, 1.54) is 18.2 Å². The third-order valence-electron chi connectivity index (χ3n) is 2.75. The second kappa shape index (κ2) is 4.78. The van der Waals surface area contributed by atoms with E-state index in [9.17, 15) is 9.18 Å². The lowest BCUT2D eigenvalue weighted by Crippen LogP contribution is -1.95.